The van der Waals surface area contributed by atoms with Crippen molar-refractivity contribution in [1.82, 2.24) is 5.32 Å². The Morgan fingerprint density at radius 3 is 2.26 bits per heavy atom. The van der Waals surface area contributed by atoms with E-state index >= 15 is 0 Å². The van der Waals surface area contributed by atoms with Crippen molar-refractivity contribution in [3.8, 4) is 0 Å². The number of carbonyl (C=O) groups is 1. The molecule has 0 saturated carbocycles. The minimum atomic E-state index is -0.0428. The summed E-state index contributed by atoms with van der Waals surface area (Å²) >= 11 is 0. The zero-order valence-electron chi connectivity index (χ0n) is 13.6. The highest BCUT2D eigenvalue weighted by atomic mass is 16.1. The van der Waals surface area contributed by atoms with Gasteiger partial charge in [0.1, 0.15) is 0 Å². The number of hydrogen-bond acceptors (Lipinski definition) is 1. The van der Waals surface area contributed by atoms with Gasteiger partial charge in [0, 0.05) is 12.1 Å². The molecule has 1 N–H and O–H groups in total. The van der Waals surface area contributed by atoms with Gasteiger partial charge in [0.25, 0.3) is 0 Å². The Kier molecular flexibility index (Phi) is 13.8. The molecule has 0 unspecified atom stereocenters. The van der Waals surface area contributed by atoms with Gasteiger partial charge in [-0.25, -0.2) is 0 Å². The van der Waals surface area contributed by atoms with Gasteiger partial charge in [-0.2, -0.15) is 0 Å². The van der Waals surface area contributed by atoms with Crippen molar-refractivity contribution in [3.63, 3.8) is 0 Å². The van der Waals surface area contributed by atoms with E-state index in [4.69, 9.17) is 0 Å². The lowest BCUT2D eigenvalue weighted by Crippen LogP contribution is -2.26. The number of allylic oxidation sites excluding steroid dienone is 2. The van der Waals surface area contributed by atoms with E-state index in [0.717, 1.165) is 12.8 Å². The van der Waals surface area contributed by atoms with Gasteiger partial charge in [0.2, 0.25) is 5.91 Å². The second-order valence-electron chi connectivity index (χ2n) is 4.20. The van der Waals surface area contributed by atoms with Gasteiger partial charge in [0.05, 0.1) is 0 Å². The third kappa shape index (κ3) is 9.29. The lowest BCUT2D eigenvalue weighted by atomic mass is 10.0. The molecule has 0 aromatic heterocycles. The van der Waals surface area contributed by atoms with Gasteiger partial charge >= 0.3 is 0 Å². The normalized spacial score (nSPS) is 11.5. The first kappa shape index (κ1) is 20.0. The van der Waals surface area contributed by atoms with Crippen LogP contribution < -0.4 is 5.32 Å². The Balaban J connectivity index is 0. The Morgan fingerprint density at radius 2 is 1.84 bits per heavy atom. The van der Waals surface area contributed by atoms with Gasteiger partial charge < -0.3 is 5.32 Å². The maximum Gasteiger partial charge on any atom is 0.246 e. The Labute approximate surface area is 119 Å². The molecule has 1 amide bonds. The summed E-state index contributed by atoms with van der Waals surface area (Å²) in [6, 6.07) is 0. The van der Waals surface area contributed by atoms with E-state index in [2.05, 4.69) is 31.8 Å². The van der Waals surface area contributed by atoms with Crippen LogP contribution in [0.15, 0.2) is 35.5 Å². The second kappa shape index (κ2) is 13.1. The van der Waals surface area contributed by atoms with Crippen LogP contribution in [0.3, 0.4) is 0 Å². The van der Waals surface area contributed by atoms with Crippen molar-refractivity contribution >= 4 is 5.91 Å². The molecule has 0 aliphatic heterocycles. The van der Waals surface area contributed by atoms with Crippen LogP contribution in [0.2, 0.25) is 0 Å². The summed E-state index contributed by atoms with van der Waals surface area (Å²) in [4.78, 5) is 11.6. The molecular formula is C17H31NO. The molecule has 0 aliphatic rings. The van der Waals surface area contributed by atoms with Crippen LogP contribution in [-0.4, -0.2) is 12.5 Å². The highest BCUT2D eigenvalue weighted by Crippen LogP contribution is 2.11. The Hall–Kier alpha value is -1.31. The predicted molar refractivity (Wildman–Crippen MR) is 86.2 cm³/mol. The fourth-order valence-corrected chi connectivity index (χ4v) is 1.55. The number of nitrogens with one attached hydrogen (secondary N) is 1. The van der Waals surface area contributed by atoms with Crippen LogP contribution in [0, 0.1) is 0 Å². The molecule has 0 rings (SSSR count). The standard InChI is InChI=1S/C15H25NO.C2H6/c1-6-9-13(5)14(10-7-2)11-16-15(17)12(4)8-3;1-2/h7,10H,4,6,8-9,11H2,1-3,5H3,(H,16,17);1-2H3/b10-7-,14-13-;. The van der Waals surface area contributed by atoms with Crippen LogP contribution in [0.4, 0.5) is 0 Å². The van der Waals surface area contributed by atoms with Gasteiger partial charge in [-0.15, -0.1) is 0 Å². The van der Waals surface area contributed by atoms with Crippen molar-refractivity contribution in [3.05, 3.63) is 35.5 Å². The van der Waals surface area contributed by atoms with Crippen molar-refractivity contribution in [2.75, 3.05) is 6.54 Å². The van der Waals surface area contributed by atoms with Crippen LogP contribution in [-0.2, 0) is 4.79 Å². The Bertz CT molecular complexity index is 324. The SMILES string of the molecule is C=C(CC)C(=O)NCC(/C=C\C)=C(/C)CCC.CC. The zero-order valence-corrected chi connectivity index (χ0v) is 13.6. The molecule has 0 spiro atoms. The second-order valence-corrected chi connectivity index (χ2v) is 4.20. The molecule has 110 valence electrons. The largest absolute Gasteiger partial charge is 0.348 e. The summed E-state index contributed by atoms with van der Waals surface area (Å²) < 4.78 is 0. The molecule has 0 aromatic carbocycles. The first-order valence-electron chi connectivity index (χ1n) is 7.34. The minimum Gasteiger partial charge on any atom is -0.348 e. The van der Waals surface area contributed by atoms with E-state index < -0.39 is 0 Å². The first-order valence-corrected chi connectivity index (χ1v) is 7.34. The third-order valence-electron chi connectivity index (χ3n) is 2.73. The van der Waals surface area contributed by atoms with Crippen LogP contribution in [0.1, 0.15) is 60.8 Å². The van der Waals surface area contributed by atoms with Gasteiger partial charge in [0.15, 0.2) is 0 Å². The lowest BCUT2D eigenvalue weighted by Gasteiger charge is -2.10. The summed E-state index contributed by atoms with van der Waals surface area (Å²) in [6.45, 7) is 16.5. The predicted octanol–water partition coefficient (Wildman–Crippen LogP) is 4.79. The number of amides is 1. The Morgan fingerprint density at radius 1 is 1.26 bits per heavy atom. The maximum atomic E-state index is 11.6. The fourth-order valence-electron chi connectivity index (χ4n) is 1.55. The minimum absolute atomic E-state index is 0.0428. The molecule has 0 aromatic rings. The molecule has 2 heteroatoms. The molecule has 0 aliphatic carbocycles. The van der Waals surface area contributed by atoms with Crippen molar-refractivity contribution in [2.45, 2.75) is 60.8 Å². The highest BCUT2D eigenvalue weighted by Gasteiger charge is 2.05. The van der Waals surface area contributed by atoms with Crippen LogP contribution in [0.25, 0.3) is 0 Å². The van der Waals surface area contributed by atoms with Gasteiger partial charge in [-0.3, -0.25) is 4.79 Å². The number of rotatable bonds is 7. The molecule has 19 heavy (non-hydrogen) atoms. The average molecular weight is 265 g/mol. The van der Waals surface area contributed by atoms with Gasteiger partial charge in [-0.05, 0) is 32.3 Å². The van der Waals surface area contributed by atoms with E-state index in [0.29, 0.717) is 18.5 Å². The molecule has 0 bridgehead atoms. The summed E-state index contributed by atoms with van der Waals surface area (Å²) in [7, 11) is 0. The summed E-state index contributed by atoms with van der Waals surface area (Å²) in [5.74, 6) is -0.0428. The van der Waals surface area contributed by atoms with E-state index in [1.807, 2.05) is 33.8 Å². The fraction of sp³-hybridized carbons (Fsp3) is 0.588. The monoisotopic (exact) mass is 265 g/mol. The summed E-state index contributed by atoms with van der Waals surface area (Å²) in [5.41, 5.74) is 3.18. The van der Waals surface area contributed by atoms with Gasteiger partial charge in [-0.1, -0.05) is 58.4 Å². The topological polar surface area (TPSA) is 29.1 Å². The number of hydrogen-bond donors (Lipinski definition) is 1. The molecule has 0 saturated heterocycles. The number of carbonyl (C=O) groups excluding carboxylic acids is 1. The quantitative estimate of drug-likeness (QED) is 0.520. The molecule has 0 heterocycles. The molecular weight excluding hydrogens is 234 g/mol. The average Bonchev–Trinajstić information content (AvgIpc) is 2.44. The summed E-state index contributed by atoms with van der Waals surface area (Å²) in [5, 5.41) is 2.91. The van der Waals surface area contributed by atoms with Crippen LogP contribution >= 0.6 is 0 Å². The van der Waals surface area contributed by atoms with Crippen LogP contribution in [0.5, 0.6) is 0 Å². The van der Waals surface area contributed by atoms with E-state index in [-0.39, 0.29) is 5.91 Å². The molecule has 2 nitrogen and oxygen atoms in total. The van der Waals surface area contributed by atoms with Crippen molar-refractivity contribution in [1.29, 1.82) is 0 Å². The van der Waals surface area contributed by atoms with E-state index in [1.165, 1.54) is 11.1 Å². The van der Waals surface area contributed by atoms with Crippen molar-refractivity contribution < 1.29 is 4.79 Å². The lowest BCUT2D eigenvalue weighted by molar-refractivity contribution is -0.117. The highest BCUT2D eigenvalue weighted by molar-refractivity contribution is 5.92. The first-order chi connectivity index (χ1) is 9.06. The molecule has 0 atom stereocenters. The van der Waals surface area contributed by atoms with E-state index in [9.17, 15) is 4.79 Å². The van der Waals surface area contributed by atoms with Crippen molar-refractivity contribution in [2.24, 2.45) is 0 Å². The smallest absolute Gasteiger partial charge is 0.246 e. The van der Waals surface area contributed by atoms with E-state index in [1.54, 1.807) is 0 Å². The summed E-state index contributed by atoms with van der Waals surface area (Å²) in [6.07, 6.45) is 6.98. The maximum absolute atomic E-state index is 11.6. The molecule has 0 radical (unpaired) electrons. The molecule has 0 fully saturated rings. The third-order valence-corrected chi connectivity index (χ3v) is 2.73. The zero-order chi connectivity index (χ0) is 15.3.